The number of piperidine rings is 1. The van der Waals surface area contributed by atoms with Crippen LogP contribution in [0.1, 0.15) is 48.6 Å². The lowest BCUT2D eigenvalue weighted by molar-refractivity contribution is -0.163. The fraction of sp³-hybridized carbons (Fsp3) is 0.355. The molecule has 2 N–H and O–H groups in total. The molecule has 41 heavy (non-hydrogen) atoms. The van der Waals surface area contributed by atoms with E-state index in [1.54, 1.807) is 26.1 Å². The van der Waals surface area contributed by atoms with E-state index in [0.717, 1.165) is 22.8 Å². The molecule has 6 rings (SSSR count). The van der Waals surface area contributed by atoms with Gasteiger partial charge in [-0.3, -0.25) is 14.4 Å². The predicted molar refractivity (Wildman–Crippen MR) is 147 cm³/mol. The Morgan fingerprint density at radius 2 is 1.83 bits per heavy atom. The molecule has 0 saturated carbocycles. The van der Waals surface area contributed by atoms with Crippen LogP contribution in [-0.4, -0.2) is 47.4 Å². The molecule has 1 aromatic heterocycles. The Morgan fingerprint density at radius 1 is 1.10 bits per heavy atom. The summed E-state index contributed by atoms with van der Waals surface area (Å²) in [5, 5.41) is 5.76. The molecule has 0 unspecified atom stereocenters. The molecule has 1 fully saturated rings. The molecule has 3 atom stereocenters. The summed E-state index contributed by atoms with van der Waals surface area (Å²) in [6.07, 6.45) is 2.41. The topological polar surface area (TPSA) is 101 Å². The summed E-state index contributed by atoms with van der Waals surface area (Å²) in [6.45, 7) is 3.16. The summed E-state index contributed by atoms with van der Waals surface area (Å²) in [6, 6.07) is 11.6. The van der Waals surface area contributed by atoms with Gasteiger partial charge in [0.2, 0.25) is 17.7 Å². The Labute approximate surface area is 236 Å². The minimum absolute atomic E-state index is 0.0894. The van der Waals surface area contributed by atoms with Crippen molar-refractivity contribution in [3.05, 3.63) is 88.6 Å². The maximum Gasteiger partial charge on any atom is 0.244 e. The first-order valence-corrected chi connectivity index (χ1v) is 13.5. The van der Waals surface area contributed by atoms with Crippen molar-refractivity contribution in [3.63, 3.8) is 0 Å². The van der Waals surface area contributed by atoms with Crippen LogP contribution in [0.4, 0.5) is 20.3 Å². The number of fused-ring (bicyclic) bond motifs is 3. The molecule has 0 bridgehead atoms. The molecule has 3 aliphatic rings. The van der Waals surface area contributed by atoms with Crippen LogP contribution in [0.2, 0.25) is 0 Å². The van der Waals surface area contributed by atoms with E-state index in [-0.39, 0.29) is 30.3 Å². The number of nitrogens with one attached hydrogen (secondary N) is 2. The molecule has 2 aromatic carbocycles. The van der Waals surface area contributed by atoms with Crippen molar-refractivity contribution in [3.8, 4) is 0 Å². The summed E-state index contributed by atoms with van der Waals surface area (Å²) >= 11 is 0. The summed E-state index contributed by atoms with van der Waals surface area (Å²) in [5.74, 6) is -1.84. The predicted octanol–water partition coefficient (Wildman–Crippen LogP) is 4.30. The van der Waals surface area contributed by atoms with Crippen molar-refractivity contribution >= 4 is 29.2 Å². The number of anilines is 2. The molecular weight excluding hydrogens is 530 g/mol. The molecule has 10 heteroatoms. The number of aromatic nitrogens is 1. The van der Waals surface area contributed by atoms with E-state index in [0.29, 0.717) is 24.3 Å². The third-order valence-corrected chi connectivity index (χ3v) is 8.76. The second kappa shape index (κ2) is 9.73. The van der Waals surface area contributed by atoms with Crippen LogP contribution in [0.15, 0.2) is 54.7 Å². The average Bonchev–Trinajstić information content (AvgIpc) is 3.43. The number of halogens is 2. The Hall–Kier alpha value is -4.18. The van der Waals surface area contributed by atoms with Crippen molar-refractivity contribution in [2.45, 2.75) is 50.7 Å². The highest BCUT2D eigenvalue weighted by atomic mass is 19.1. The van der Waals surface area contributed by atoms with Gasteiger partial charge in [-0.2, -0.15) is 0 Å². The van der Waals surface area contributed by atoms with E-state index in [9.17, 15) is 23.2 Å². The SMILES string of the molecule is CO[C@H]1C[C@@H](c2cc(F)cc(F)c2)N(CC(=O)Nc2ccc3c(c2)C[C@@]2(C3)C(=O)Nc3ncccc32)C(=O)C1(C)C. The highest BCUT2D eigenvalue weighted by Crippen LogP contribution is 2.47. The van der Waals surface area contributed by atoms with Gasteiger partial charge in [0.25, 0.3) is 0 Å². The molecule has 3 aromatic rings. The molecule has 3 heterocycles. The minimum atomic E-state index is -0.952. The van der Waals surface area contributed by atoms with E-state index < -0.39 is 40.5 Å². The fourth-order valence-electron chi connectivity index (χ4n) is 6.63. The van der Waals surface area contributed by atoms with Gasteiger partial charge >= 0.3 is 0 Å². The van der Waals surface area contributed by atoms with Gasteiger partial charge in [0.15, 0.2) is 0 Å². The number of amides is 3. The first-order valence-electron chi connectivity index (χ1n) is 13.5. The van der Waals surface area contributed by atoms with Gasteiger partial charge in [0.1, 0.15) is 24.0 Å². The van der Waals surface area contributed by atoms with Crippen molar-refractivity contribution < 1.29 is 27.9 Å². The highest BCUT2D eigenvalue weighted by Gasteiger charge is 2.51. The number of pyridine rings is 1. The smallest absolute Gasteiger partial charge is 0.244 e. The Balaban J connectivity index is 1.23. The average molecular weight is 561 g/mol. The molecule has 1 aliphatic carbocycles. The van der Waals surface area contributed by atoms with Crippen LogP contribution >= 0.6 is 0 Å². The molecule has 2 aliphatic heterocycles. The third kappa shape index (κ3) is 4.46. The van der Waals surface area contributed by atoms with Gasteiger partial charge in [-0.1, -0.05) is 12.1 Å². The summed E-state index contributed by atoms with van der Waals surface area (Å²) in [5.41, 5.74) is 1.93. The van der Waals surface area contributed by atoms with Gasteiger partial charge in [0, 0.05) is 30.6 Å². The van der Waals surface area contributed by atoms with E-state index in [1.165, 1.54) is 24.1 Å². The van der Waals surface area contributed by atoms with Crippen molar-refractivity contribution in [1.82, 2.24) is 9.88 Å². The normalized spacial score (nSPS) is 24.3. The molecule has 0 radical (unpaired) electrons. The number of rotatable bonds is 5. The van der Waals surface area contributed by atoms with Crippen LogP contribution in [0, 0.1) is 17.0 Å². The Bertz CT molecular complexity index is 1570. The lowest BCUT2D eigenvalue weighted by atomic mass is 9.76. The van der Waals surface area contributed by atoms with Crippen LogP contribution in [0.3, 0.4) is 0 Å². The van der Waals surface area contributed by atoms with E-state index in [2.05, 4.69) is 15.6 Å². The van der Waals surface area contributed by atoms with Gasteiger partial charge in [-0.05, 0) is 80.1 Å². The molecule has 8 nitrogen and oxygen atoms in total. The first-order chi connectivity index (χ1) is 19.5. The van der Waals surface area contributed by atoms with Gasteiger partial charge in [-0.25, -0.2) is 13.8 Å². The lowest BCUT2D eigenvalue weighted by Gasteiger charge is -2.47. The third-order valence-electron chi connectivity index (χ3n) is 8.76. The second-order valence-corrected chi connectivity index (χ2v) is 11.7. The standard InChI is InChI=1S/C31H30F2N4O4/c1-30(2)25(41-3)13-24(18-9-20(32)12-21(33)10-18)37(29(30)40)16-26(38)35-22-7-6-17-14-31(15-19(17)11-22)23-5-4-8-34-27(23)36-28(31)39/h4-12,24-25H,13-16H2,1-3H3,(H,35,38)(H,34,36,39)/t24-,25-,31+/m0/s1. The molecule has 3 amide bonds. The summed E-state index contributed by atoms with van der Waals surface area (Å²) in [4.78, 5) is 45.6. The van der Waals surface area contributed by atoms with Gasteiger partial charge in [0.05, 0.1) is 23.0 Å². The van der Waals surface area contributed by atoms with Crippen molar-refractivity contribution in [2.24, 2.45) is 5.41 Å². The van der Waals surface area contributed by atoms with Crippen LogP contribution in [-0.2, 0) is 37.4 Å². The summed E-state index contributed by atoms with van der Waals surface area (Å²) in [7, 11) is 1.49. The maximum atomic E-state index is 14.1. The maximum absolute atomic E-state index is 14.1. The molecule has 212 valence electrons. The van der Waals surface area contributed by atoms with E-state index >= 15 is 0 Å². The minimum Gasteiger partial charge on any atom is -0.380 e. The number of likely N-dealkylation sites (tertiary alicyclic amines) is 1. The fourth-order valence-corrected chi connectivity index (χ4v) is 6.63. The number of carbonyl (C=O) groups is 3. The Morgan fingerprint density at radius 3 is 2.56 bits per heavy atom. The number of ether oxygens (including phenoxy) is 1. The first kappa shape index (κ1) is 27.0. The van der Waals surface area contributed by atoms with Gasteiger partial charge in [-0.15, -0.1) is 0 Å². The number of hydrogen-bond donors (Lipinski definition) is 2. The zero-order chi connectivity index (χ0) is 29.1. The summed E-state index contributed by atoms with van der Waals surface area (Å²) < 4.78 is 33.8. The highest BCUT2D eigenvalue weighted by molar-refractivity contribution is 6.06. The van der Waals surface area contributed by atoms with Crippen molar-refractivity contribution in [1.29, 1.82) is 0 Å². The largest absolute Gasteiger partial charge is 0.380 e. The second-order valence-electron chi connectivity index (χ2n) is 11.7. The van der Waals surface area contributed by atoms with Crippen LogP contribution in [0.5, 0.6) is 0 Å². The Kier molecular flexibility index (Phi) is 6.41. The van der Waals surface area contributed by atoms with Crippen molar-refractivity contribution in [2.75, 3.05) is 24.3 Å². The quantitative estimate of drug-likeness (QED) is 0.485. The number of nitrogens with zero attached hydrogens (tertiary/aromatic N) is 2. The van der Waals surface area contributed by atoms with Crippen LogP contribution < -0.4 is 10.6 Å². The molecule has 1 saturated heterocycles. The zero-order valence-electron chi connectivity index (χ0n) is 23.0. The van der Waals surface area contributed by atoms with E-state index in [4.69, 9.17) is 4.74 Å². The number of hydrogen-bond acceptors (Lipinski definition) is 5. The molecular formula is C31H30F2N4O4. The molecule has 1 spiro atoms. The number of benzene rings is 2. The number of methoxy groups -OCH3 is 1. The monoisotopic (exact) mass is 560 g/mol. The lowest BCUT2D eigenvalue weighted by Crippen LogP contribution is -2.56. The number of carbonyl (C=O) groups excluding carboxylic acids is 3. The zero-order valence-corrected chi connectivity index (χ0v) is 23.0. The van der Waals surface area contributed by atoms with Crippen LogP contribution in [0.25, 0.3) is 0 Å². The van der Waals surface area contributed by atoms with E-state index in [1.807, 2.05) is 24.3 Å². The van der Waals surface area contributed by atoms with Gasteiger partial charge < -0.3 is 20.3 Å².